The molecule has 0 unspecified atom stereocenters. The molecule has 188 valence electrons. The molecule has 5 aromatic rings. The summed E-state index contributed by atoms with van der Waals surface area (Å²) in [6, 6.07) is 8.99. The molecule has 11 heteroatoms. The monoisotopic (exact) mass is 516 g/mol. The van der Waals surface area contributed by atoms with Crippen LogP contribution in [0, 0.1) is 12.7 Å². The highest BCUT2D eigenvalue weighted by Gasteiger charge is 2.18. The Balaban J connectivity index is 1.25. The van der Waals surface area contributed by atoms with Gasteiger partial charge in [-0.05, 0) is 57.1 Å². The third-order valence-corrected chi connectivity index (χ3v) is 7.64. The highest BCUT2D eigenvalue weighted by molar-refractivity contribution is 7.99. The predicted octanol–water partition coefficient (Wildman–Crippen LogP) is 5.13. The van der Waals surface area contributed by atoms with E-state index in [0.29, 0.717) is 44.3 Å². The summed E-state index contributed by atoms with van der Waals surface area (Å²) in [7, 11) is 1.93. The van der Waals surface area contributed by atoms with Crippen molar-refractivity contribution in [2.45, 2.75) is 30.2 Å². The van der Waals surface area contributed by atoms with Crippen LogP contribution >= 0.6 is 11.8 Å². The quantitative estimate of drug-likeness (QED) is 0.297. The SMILES string of the molecule is Cc1c(Oc2ccc3c(c2)ncn3C)ccc(Nc2ncnc3cnc(SC4CCNCC4)nc23)c1F. The first-order chi connectivity index (χ1) is 18.0. The van der Waals surface area contributed by atoms with Crippen LogP contribution in [-0.4, -0.2) is 47.8 Å². The van der Waals surface area contributed by atoms with Gasteiger partial charge in [0.1, 0.15) is 28.9 Å². The number of imidazole rings is 1. The molecule has 1 aliphatic rings. The molecule has 0 spiro atoms. The molecule has 1 aliphatic heterocycles. The molecule has 0 saturated carbocycles. The van der Waals surface area contributed by atoms with Gasteiger partial charge in [-0.15, -0.1) is 0 Å². The van der Waals surface area contributed by atoms with E-state index in [4.69, 9.17) is 9.72 Å². The number of benzene rings is 2. The van der Waals surface area contributed by atoms with Crippen molar-refractivity contribution in [1.82, 2.24) is 34.8 Å². The van der Waals surface area contributed by atoms with Gasteiger partial charge >= 0.3 is 0 Å². The van der Waals surface area contributed by atoms with Crippen LogP contribution < -0.4 is 15.4 Å². The zero-order valence-electron chi connectivity index (χ0n) is 20.4. The smallest absolute Gasteiger partial charge is 0.188 e. The summed E-state index contributed by atoms with van der Waals surface area (Å²) in [5, 5.41) is 7.60. The summed E-state index contributed by atoms with van der Waals surface area (Å²) < 4.78 is 23.4. The van der Waals surface area contributed by atoms with Gasteiger partial charge in [0.25, 0.3) is 0 Å². The minimum absolute atomic E-state index is 0.274. The van der Waals surface area contributed by atoms with Crippen LogP contribution in [0.1, 0.15) is 18.4 Å². The topological polar surface area (TPSA) is 103 Å². The molecule has 0 amide bonds. The largest absolute Gasteiger partial charge is 0.457 e. The Morgan fingerprint density at radius 3 is 2.81 bits per heavy atom. The molecule has 0 radical (unpaired) electrons. The number of nitrogens with zero attached hydrogens (tertiary/aromatic N) is 6. The second-order valence-corrected chi connectivity index (χ2v) is 10.2. The van der Waals surface area contributed by atoms with Gasteiger partial charge in [0.05, 0.1) is 29.2 Å². The van der Waals surface area contributed by atoms with Crippen molar-refractivity contribution in [3.05, 3.63) is 60.6 Å². The minimum atomic E-state index is -0.429. The van der Waals surface area contributed by atoms with Gasteiger partial charge < -0.3 is 19.9 Å². The van der Waals surface area contributed by atoms with Crippen LogP contribution in [0.5, 0.6) is 11.5 Å². The van der Waals surface area contributed by atoms with Crippen molar-refractivity contribution in [2.24, 2.45) is 7.05 Å². The van der Waals surface area contributed by atoms with E-state index in [9.17, 15) is 0 Å². The second-order valence-electron chi connectivity index (χ2n) is 8.96. The van der Waals surface area contributed by atoms with Gasteiger partial charge in [0, 0.05) is 23.9 Å². The predicted molar refractivity (Wildman–Crippen MR) is 142 cm³/mol. The van der Waals surface area contributed by atoms with Crippen LogP contribution in [0.4, 0.5) is 15.9 Å². The summed E-state index contributed by atoms with van der Waals surface area (Å²) in [5.74, 6) is 1.01. The Morgan fingerprint density at radius 2 is 1.95 bits per heavy atom. The number of aromatic nitrogens is 6. The van der Waals surface area contributed by atoms with E-state index >= 15 is 4.39 Å². The fourth-order valence-electron chi connectivity index (χ4n) is 4.36. The standard InChI is InChI=1S/C26H25FN8OS/c1-15-22(36-16-3-5-21-19(11-16)32-14-35(21)2)6-4-18(23(15)27)33-25-24-20(30-13-31-25)12-29-26(34-24)37-17-7-9-28-10-8-17/h3-6,11-14,17,28H,7-10H2,1-2H3,(H,30,31,33). The highest BCUT2D eigenvalue weighted by Crippen LogP contribution is 2.34. The molecule has 1 fully saturated rings. The lowest BCUT2D eigenvalue weighted by molar-refractivity contribution is 0.472. The van der Waals surface area contributed by atoms with Crippen LogP contribution in [0.15, 0.2) is 54.3 Å². The molecule has 2 N–H and O–H groups in total. The molecule has 0 atom stereocenters. The molecule has 37 heavy (non-hydrogen) atoms. The fourth-order valence-corrected chi connectivity index (χ4v) is 5.38. The zero-order valence-corrected chi connectivity index (χ0v) is 21.2. The van der Waals surface area contributed by atoms with Crippen molar-refractivity contribution in [3.8, 4) is 11.5 Å². The van der Waals surface area contributed by atoms with E-state index in [1.165, 1.54) is 6.33 Å². The van der Waals surface area contributed by atoms with Crippen molar-refractivity contribution in [1.29, 1.82) is 0 Å². The maximum absolute atomic E-state index is 15.5. The molecule has 0 bridgehead atoms. The number of aryl methyl sites for hydroxylation is 1. The zero-order chi connectivity index (χ0) is 25.4. The minimum Gasteiger partial charge on any atom is -0.457 e. The second kappa shape index (κ2) is 9.91. The van der Waals surface area contributed by atoms with Gasteiger partial charge in [-0.1, -0.05) is 11.8 Å². The Hall–Kier alpha value is -3.83. The third-order valence-electron chi connectivity index (χ3n) is 6.43. The average Bonchev–Trinajstić information content (AvgIpc) is 3.29. The number of anilines is 2. The molecule has 0 aliphatic carbocycles. The summed E-state index contributed by atoms with van der Waals surface area (Å²) in [6.45, 7) is 3.68. The maximum atomic E-state index is 15.5. The Morgan fingerprint density at radius 1 is 1.08 bits per heavy atom. The molecule has 4 heterocycles. The maximum Gasteiger partial charge on any atom is 0.188 e. The number of ether oxygens (including phenoxy) is 1. The summed E-state index contributed by atoms with van der Waals surface area (Å²) in [5.41, 5.74) is 3.60. The molecular formula is C26H25FN8OS. The van der Waals surface area contributed by atoms with Gasteiger partial charge in [-0.25, -0.2) is 29.3 Å². The third kappa shape index (κ3) is 4.79. The number of thioether (sulfide) groups is 1. The molecule has 1 saturated heterocycles. The van der Waals surface area contributed by atoms with Crippen molar-refractivity contribution >= 4 is 45.3 Å². The number of hydrogen-bond acceptors (Lipinski definition) is 9. The number of nitrogens with one attached hydrogen (secondary N) is 2. The molecular weight excluding hydrogens is 491 g/mol. The first kappa shape index (κ1) is 23.6. The van der Waals surface area contributed by atoms with Crippen LogP contribution in [0.2, 0.25) is 0 Å². The van der Waals surface area contributed by atoms with Crippen molar-refractivity contribution in [2.75, 3.05) is 18.4 Å². The van der Waals surface area contributed by atoms with Gasteiger partial charge in [0.2, 0.25) is 0 Å². The first-order valence-corrected chi connectivity index (χ1v) is 12.9. The number of rotatable bonds is 6. The number of hydrogen-bond donors (Lipinski definition) is 2. The van der Waals surface area contributed by atoms with E-state index in [-0.39, 0.29) is 5.69 Å². The lowest BCUT2D eigenvalue weighted by Crippen LogP contribution is -2.29. The van der Waals surface area contributed by atoms with E-state index in [0.717, 1.165) is 37.0 Å². The van der Waals surface area contributed by atoms with E-state index in [1.54, 1.807) is 43.3 Å². The fraction of sp³-hybridized carbons (Fsp3) is 0.269. The number of piperidine rings is 1. The summed E-state index contributed by atoms with van der Waals surface area (Å²) >= 11 is 1.66. The van der Waals surface area contributed by atoms with Gasteiger partial charge in [-0.3, -0.25) is 0 Å². The molecule has 9 nitrogen and oxygen atoms in total. The van der Waals surface area contributed by atoms with Gasteiger partial charge in [-0.2, -0.15) is 0 Å². The van der Waals surface area contributed by atoms with Crippen LogP contribution in [0.25, 0.3) is 22.1 Å². The molecule has 6 rings (SSSR count). The number of halogens is 1. The number of fused-ring (bicyclic) bond motifs is 2. The van der Waals surface area contributed by atoms with Gasteiger partial charge in [0.15, 0.2) is 16.8 Å². The van der Waals surface area contributed by atoms with E-state index in [2.05, 4.69) is 30.6 Å². The summed E-state index contributed by atoms with van der Waals surface area (Å²) in [6.07, 6.45) is 6.99. The first-order valence-electron chi connectivity index (χ1n) is 12.1. The Bertz CT molecular complexity index is 1600. The van der Waals surface area contributed by atoms with E-state index < -0.39 is 5.82 Å². The summed E-state index contributed by atoms with van der Waals surface area (Å²) in [4.78, 5) is 22.2. The average molecular weight is 517 g/mol. The lowest BCUT2D eigenvalue weighted by Gasteiger charge is -2.21. The molecule has 2 aromatic carbocycles. The molecule has 3 aromatic heterocycles. The van der Waals surface area contributed by atoms with E-state index in [1.807, 2.05) is 29.8 Å². The van der Waals surface area contributed by atoms with Crippen molar-refractivity contribution < 1.29 is 9.13 Å². The highest BCUT2D eigenvalue weighted by atomic mass is 32.2. The Kier molecular flexibility index (Phi) is 6.31. The van der Waals surface area contributed by atoms with Crippen LogP contribution in [0.3, 0.4) is 0 Å². The Labute approximate surface area is 216 Å². The van der Waals surface area contributed by atoms with Crippen LogP contribution in [-0.2, 0) is 7.05 Å². The van der Waals surface area contributed by atoms with Crippen molar-refractivity contribution in [3.63, 3.8) is 0 Å². The lowest BCUT2D eigenvalue weighted by atomic mass is 10.1. The normalized spacial score (nSPS) is 14.4.